The molecule has 6 heteroatoms. The van der Waals surface area contributed by atoms with Gasteiger partial charge in [-0.1, -0.05) is 0 Å². The lowest BCUT2D eigenvalue weighted by Crippen LogP contribution is -2.42. The number of hydrogen-bond donors (Lipinski definition) is 0. The van der Waals surface area contributed by atoms with Crippen LogP contribution >= 0.6 is 11.8 Å². The van der Waals surface area contributed by atoms with Gasteiger partial charge in [-0.15, -0.1) is 0 Å². The van der Waals surface area contributed by atoms with Crippen LogP contribution in [-0.4, -0.2) is 56.2 Å². The maximum Gasteiger partial charge on any atom is 0.281 e. The monoisotopic (exact) mass is 240 g/mol. The summed E-state index contributed by atoms with van der Waals surface area (Å²) < 4.78 is 26.0. The summed E-state index contributed by atoms with van der Waals surface area (Å²) in [4.78, 5) is 0. The van der Waals surface area contributed by atoms with Crippen molar-refractivity contribution in [3.63, 3.8) is 0 Å². The van der Waals surface area contributed by atoms with E-state index in [0.29, 0.717) is 0 Å². The quantitative estimate of drug-likeness (QED) is 0.691. The van der Waals surface area contributed by atoms with Gasteiger partial charge in [0.1, 0.15) is 0 Å². The molecule has 0 aromatic heterocycles. The van der Waals surface area contributed by atoms with Crippen LogP contribution in [-0.2, 0) is 10.2 Å². The molecule has 0 radical (unpaired) electrons. The van der Waals surface area contributed by atoms with Crippen LogP contribution in [0.3, 0.4) is 0 Å². The molecule has 4 nitrogen and oxygen atoms in total. The van der Waals surface area contributed by atoms with E-state index >= 15 is 0 Å². The molecule has 0 aliphatic carbocycles. The second-order valence-electron chi connectivity index (χ2n) is 3.44. The third kappa shape index (κ3) is 3.76. The Labute approximate surface area is 91.8 Å². The Bertz CT molecular complexity index is 252. The van der Waals surface area contributed by atoms with Crippen molar-refractivity contribution in [2.75, 3.05) is 33.2 Å². The minimum atomic E-state index is -3.25. The Kier molecular flexibility index (Phi) is 6.04. The van der Waals surface area contributed by atoms with Crippen LogP contribution in [0.1, 0.15) is 13.3 Å². The first-order chi connectivity index (χ1) is 6.34. The Morgan fingerprint density at radius 1 is 1.29 bits per heavy atom. The molecule has 0 saturated heterocycles. The zero-order valence-electron chi connectivity index (χ0n) is 9.52. The lowest BCUT2D eigenvalue weighted by atomic mass is 10.3. The Morgan fingerprint density at radius 2 is 1.79 bits per heavy atom. The van der Waals surface area contributed by atoms with Crippen LogP contribution in [0.2, 0.25) is 0 Å². The lowest BCUT2D eigenvalue weighted by molar-refractivity contribution is 0.353. The van der Waals surface area contributed by atoms with Crippen molar-refractivity contribution >= 4 is 22.0 Å². The summed E-state index contributed by atoms with van der Waals surface area (Å²) in [6, 6.07) is 0.0508. The Morgan fingerprint density at radius 3 is 2.14 bits per heavy atom. The van der Waals surface area contributed by atoms with E-state index in [1.165, 1.54) is 8.61 Å². The number of rotatable bonds is 6. The molecule has 0 bridgehead atoms. The van der Waals surface area contributed by atoms with Crippen molar-refractivity contribution in [2.24, 2.45) is 0 Å². The highest BCUT2D eigenvalue weighted by atomic mass is 32.2. The number of hydrogen-bond acceptors (Lipinski definition) is 3. The second-order valence-corrected chi connectivity index (χ2v) is 6.62. The molecule has 0 saturated carbocycles. The van der Waals surface area contributed by atoms with Gasteiger partial charge in [-0.05, 0) is 25.4 Å². The number of thioether (sulfide) groups is 1. The van der Waals surface area contributed by atoms with E-state index in [0.717, 1.165) is 12.2 Å². The largest absolute Gasteiger partial charge is 0.281 e. The van der Waals surface area contributed by atoms with Crippen LogP contribution in [0.4, 0.5) is 0 Å². The van der Waals surface area contributed by atoms with Crippen LogP contribution in [0, 0.1) is 0 Å². The molecule has 0 aromatic rings. The smallest absolute Gasteiger partial charge is 0.195 e. The van der Waals surface area contributed by atoms with Gasteiger partial charge in [0.15, 0.2) is 0 Å². The molecular formula is C8H20N2O2S2. The fraction of sp³-hybridized carbons (Fsp3) is 1.00. The van der Waals surface area contributed by atoms with Crippen LogP contribution in [0.25, 0.3) is 0 Å². The molecule has 86 valence electrons. The van der Waals surface area contributed by atoms with Crippen LogP contribution < -0.4 is 0 Å². The van der Waals surface area contributed by atoms with E-state index in [-0.39, 0.29) is 6.04 Å². The molecule has 0 spiro atoms. The van der Waals surface area contributed by atoms with E-state index in [4.69, 9.17) is 0 Å². The van der Waals surface area contributed by atoms with E-state index in [9.17, 15) is 8.42 Å². The first-order valence-corrected chi connectivity index (χ1v) is 7.27. The zero-order valence-corrected chi connectivity index (χ0v) is 11.2. The van der Waals surface area contributed by atoms with Crippen LogP contribution in [0.5, 0.6) is 0 Å². The highest BCUT2D eigenvalue weighted by molar-refractivity contribution is 7.98. The minimum absolute atomic E-state index is 0.0508. The lowest BCUT2D eigenvalue weighted by Gasteiger charge is -2.26. The molecule has 0 rings (SSSR count). The Hall–Kier alpha value is 0.220. The van der Waals surface area contributed by atoms with Gasteiger partial charge < -0.3 is 0 Å². The Balaban J connectivity index is 4.38. The van der Waals surface area contributed by atoms with Gasteiger partial charge in [0, 0.05) is 27.2 Å². The molecule has 0 aromatic carbocycles. The second kappa shape index (κ2) is 5.95. The normalized spacial score (nSPS) is 15.1. The van der Waals surface area contributed by atoms with Crippen molar-refractivity contribution in [1.82, 2.24) is 8.61 Å². The zero-order chi connectivity index (χ0) is 11.4. The molecule has 0 fully saturated rings. The van der Waals surface area contributed by atoms with Crippen molar-refractivity contribution in [3.05, 3.63) is 0 Å². The number of nitrogens with zero attached hydrogens (tertiary/aromatic N) is 2. The summed E-state index contributed by atoms with van der Waals surface area (Å²) in [6.07, 6.45) is 2.90. The molecule has 0 unspecified atom stereocenters. The van der Waals surface area contributed by atoms with Crippen molar-refractivity contribution in [2.45, 2.75) is 19.4 Å². The summed E-state index contributed by atoms with van der Waals surface area (Å²) in [5.74, 6) is 0.981. The average molecular weight is 240 g/mol. The fourth-order valence-corrected chi connectivity index (χ4v) is 2.61. The van der Waals surface area contributed by atoms with Gasteiger partial charge in [0.25, 0.3) is 10.2 Å². The predicted octanol–water partition coefficient (Wildman–Crippen LogP) is 0.866. The molecule has 0 N–H and O–H groups in total. The van der Waals surface area contributed by atoms with Gasteiger partial charge in [0.2, 0.25) is 0 Å². The maximum absolute atomic E-state index is 11.7. The first-order valence-electron chi connectivity index (χ1n) is 4.48. The third-order valence-electron chi connectivity index (χ3n) is 2.19. The minimum Gasteiger partial charge on any atom is -0.195 e. The summed E-state index contributed by atoms with van der Waals surface area (Å²) in [5, 5.41) is 0. The average Bonchev–Trinajstić information content (AvgIpc) is 2.12. The topological polar surface area (TPSA) is 40.6 Å². The fourth-order valence-electron chi connectivity index (χ4n) is 0.955. The molecule has 0 aliphatic rings. The molecule has 0 aliphatic heterocycles. The summed E-state index contributed by atoms with van der Waals surface area (Å²) in [6.45, 7) is 1.93. The maximum atomic E-state index is 11.7. The van der Waals surface area contributed by atoms with Gasteiger partial charge in [-0.2, -0.15) is 28.8 Å². The van der Waals surface area contributed by atoms with Crippen molar-refractivity contribution in [3.8, 4) is 0 Å². The van der Waals surface area contributed by atoms with Gasteiger partial charge in [-0.3, -0.25) is 0 Å². The SMILES string of the molecule is CSCC[C@H](C)N(C)S(=O)(=O)N(C)C. The van der Waals surface area contributed by atoms with Crippen molar-refractivity contribution in [1.29, 1.82) is 0 Å². The molecule has 0 amide bonds. The third-order valence-corrected chi connectivity index (χ3v) is 4.84. The van der Waals surface area contributed by atoms with Crippen LogP contribution in [0.15, 0.2) is 0 Å². The van der Waals surface area contributed by atoms with E-state index in [2.05, 4.69) is 0 Å². The molecule has 1 atom stereocenters. The molecule has 14 heavy (non-hydrogen) atoms. The van der Waals surface area contributed by atoms with Gasteiger partial charge in [0.05, 0.1) is 0 Å². The predicted molar refractivity (Wildman–Crippen MR) is 62.8 cm³/mol. The first kappa shape index (κ1) is 14.2. The van der Waals surface area contributed by atoms with E-state index in [1.54, 1.807) is 32.9 Å². The van der Waals surface area contributed by atoms with Gasteiger partial charge in [-0.25, -0.2) is 0 Å². The van der Waals surface area contributed by atoms with Gasteiger partial charge >= 0.3 is 0 Å². The van der Waals surface area contributed by atoms with E-state index < -0.39 is 10.2 Å². The standard InChI is InChI=1S/C8H20N2O2S2/c1-8(6-7-13-5)10(4)14(11,12)9(2)3/h8H,6-7H2,1-5H3/t8-/m0/s1. The summed E-state index contributed by atoms with van der Waals surface area (Å²) >= 11 is 1.73. The molecular weight excluding hydrogens is 220 g/mol. The molecule has 0 heterocycles. The van der Waals surface area contributed by atoms with E-state index in [1.807, 2.05) is 13.2 Å². The van der Waals surface area contributed by atoms with Crippen molar-refractivity contribution < 1.29 is 8.42 Å². The highest BCUT2D eigenvalue weighted by Crippen LogP contribution is 2.11. The summed E-state index contributed by atoms with van der Waals surface area (Å²) in [5.41, 5.74) is 0. The summed E-state index contributed by atoms with van der Waals surface area (Å²) in [7, 11) is 1.47. The highest BCUT2D eigenvalue weighted by Gasteiger charge is 2.24.